The van der Waals surface area contributed by atoms with Gasteiger partial charge in [0, 0.05) is 28.4 Å². The minimum atomic E-state index is -0.321. The molecule has 0 saturated carbocycles. The second kappa shape index (κ2) is 5.43. The van der Waals surface area contributed by atoms with Gasteiger partial charge in [0.2, 0.25) is 0 Å². The van der Waals surface area contributed by atoms with Crippen LogP contribution in [0.15, 0.2) is 78.9 Å². The Bertz CT molecular complexity index is 1200. The fourth-order valence-electron chi connectivity index (χ4n) is 3.80. The third-order valence-corrected chi connectivity index (χ3v) is 4.92. The van der Waals surface area contributed by atoms with E-state index in [1.807, 2.05) is 48.5 Å². The summed E-state index contributed by atoms with van der Waals surface area (Å²) in [4.78, 5) is 11.2. The first kappa shape index (κ1) is 14.7. The maximum Gasteiger partial charge on any atom is 0.277 e. The maximum atomic E-state index is 11.5. The molecule has 0 saturated heterocycles. The number of para-hydroxylation sites is 2. The second-order valence-corrected chi connectivity index (χ2v) is 6.33. The van der Waals surface area contributed by atoms with Crippen molar-refractivity contribution in [2.75, 3.05) is 5.32 Å². The van der Waals surface area contributed by atoms with Gasteiger partial charge in [0.1, 0.15) is 0 Å². The molecule has 0 atom stereocenters. The Labute approximate surface area is 149 Å². The fraction of sp³-hybridized carbons (Fsp3) is 0. The normalized spacial score (nSPS) is 11.7. The molecule has 0 fully saturated rings. The van der Waals surface area contributed by atoms with Crippen LogP contribution >= 0.6 is 0 Å². The molecule has 4 heteroatoms. The maximum absolute atomic E-state index is 11.5. The molecule has 0 unspecified atom stereocenters. The second-order valence-electron chi connectivity index (χ2n) is 6.33. The average Bonchev–Trinajstić information content (AvgIpc) is 2.68. The van der Waals surface area contributed by atoms with E-state index in [4.69, 9.17) is 0 Å². The molecule has 1 aliphatic heterocycles. The van der Waals surface area contributed by atoms with Crippen LogP contribution in [0.2, 0.25) is 0 Å². The predicted octanol–water partition coefficient (Wildman–Crippen LogP) is 6.14. The molecule has 4 aromatic carbocycles. The van der Waals surface area contributed by atoms with Crippen molar-refractivity contribution in [2.45, 2.75) is 0 Å². The number of nitro groups is 1. The monoisotopic (exact) mass is 338 g/mol. The number of fused-ring (bicyclic) bond motifs is 2. The third kappa shape index (κ3) is 2.02. The van der Waals surface area contributed by atoms with E-state index in [-0.39, 0.29) is 10.6 Å². The van der Waals surface area contributed by atoms with E-state index in [0.29, 0.717) is 5.56 Å². The Hall–Kier alpha value is -3.66. The molecule has 0 amide bonds. The molecule has 1 N–H and O–H groups in total. The summed E-state index contributed by atoms with van der Waals surface area (Å²) in [5.74, 6) is 0. The summed E-state index contributed by atoms with van der Waals surface area (Å²) < 4.78 is 0. The molecule has 1 heterocycles. The van der Waals surface area contributed by atoms with E-state index >= 15 is 0 Å². The SMILES string of the molecule is O=[N+]([O-])c1ccccc1-c1ccc2c3c(cccc13)Nc1ccccc1-2. The summed E-state index contributed by atoms with van der Waals surface area (Å²) in [5.41, 5.74) is 6.02. The fourth-order valence-corrected chi connectivity index (χ4v) is 3.80. The molecule has 5 rings (SSSR count). The van der Waals surface area contributed by atoms with Gasteiger partial charge in [0.15, 0.2) is 0 Å². The number of anilines is 2. The Kier molecular flexibility index (Phi) is 3.06. The Morgan fingerprint density at radius 1 is 0.654 bits per heavy atom. The van der Waals surface area contributed by atoms with Crippen LogP contribution in [0.4, 0.5) is 17.1 Å². The van der Waals surface area contributed by atoms with E-state index in [0.717, 1.165) is 38.8 Å². The molecule has 0 radical (unpaired) electrons. The van der Waals surface area contributed by atoms with Gasteiger partial charge < -0.3 is 5.32 Å². The lowest BCUT2D eigenvalue weighted by molar-refractivity contribution is -0.384. The van der Waals surface area contributed by atoms with Crippen LogP contribution in [-0.2, 0) is 0 Å². The van der Waals surface area contributed by atoms with Crippen LogP contribution in [0, 0.1) is 10.1 Å². The zero-order valence-corrected chi connectivity index (χ0v) is 13.8. The minimum Gasteiger partial charge on any atom is -0.354 e. The molecule has 0 spiro atoms. The molecule has 0 aromatic heterocycles. The van der Waals surface area contributed by atoms with E-state index in [2.05, 4.69) is 23.5 Å². The number of nitrogens with zero attached hydrogens (tertiary/aromatic N) is 1. The van der Waals surface area contributed by atoms with E-state index < -0.39 is 0 Å². The molecule has 26 heavy (non-hydrogen) atoms. The highest BCUT2D eigenvalue weighted by molar-refractivity contribution is 6.15. The van der Waals surface area contributed by atoms with Crippen LogP contribution < -0.4 is 5.32 Å². The minimum absolute atomic E-state index is 0.123. The van der Waals surface area contributed by atoms with Gasteiger partial charge in [0.05, 0.1) is 10.5 Å². The molecule has 1 aliphatic rings. The molecule has 0 bridgehead atoms. The average molecular weight is 338 g/mol. The Morgan fingerprint density at radius 2 is 1.35 bits per heavy atom. The van der Waals surface area contributed by atoms with Crippen LogP contribution in [0.25, 0.3) is 33.0 Å². The Balaban J connectivity index is 1.86. The summed E-state index contributed by atoms with van der Waals surface area (Å²) >= 11 is 0. The summed E-state index contributed by atoms with van der Waals surface area (Å²) in [5, 5.41) is 17.1. The lowest BCUT2D eigenvalue weighted by atomic mass is 9.88. The van der Waals surface area contributed by atoms with E-state index in [1.165, 1.54) is 0 Å². The van der Waals surface area contributed by atoms with Crippen molar-refractivity contribution < 1.29 is 4.92 Å². The highest BCUT2D eigenvalue weighted by Gasteiger charge is 2.22. The zero-order chi connectivity index (χ0) is 17.7. The van der Waals surface area contributed by atoms with Crippen LogP contribution in [0.3, 0.4) is 0 Å². The van der Waals surface area contributed by atoms with Crippen molar-refractivity contribution in [1.82, 2.24) is 0 Å². The molecule has 124 valence electrons. The number of hydrogen-bond acceptors (Lipinski definition) is 3. The standard InChI is InChI=1S/C22H14N2O2/c25-24(26)21-11-4-2-7-16(21)14-12-13-18-15-6-1-3-9-19(15)23-20-10-5-8-17(14)22(18)20/h1-13,23H. The van der Waals surface area contributed by atoms with Gasteiger partial charge in [-0.05, 0) is 34.7 Å². The largest absolute Gasteiger partial charge is 0.354 e. The van der Waals surface area contributed by atoms with Gasteiger partial charge in [0.25, 0.3) is 5.69 Å². The summed E-state index contributed by atoms with van der Waals surface area (Å²) in [7, 11) is 0. The van der Waals surface area contributed by atoms with Crippen molar-refractivity contribution in [3.63, 3.8) is 0 Å². The molecule has 0 aliphatic carbocycles. The van der Waals surface area contributed by atoms with Crippen LogP contribution in [0.5, 0.6) is 0 Å². The Morgan fingerprint density at radius 3 is 2.19 bits per heavy atom. The predicted molar refractivity (Wildman–Crippen MR) is 105 cm³/mol. The number of benzene rings is 4. The summed E-state index contributed by atoms with van der Waals surface area (Å²) in [6.07, 6.45) is 0. The van der Waals surface area contributed by atoms with Crippen molar-refractivity contribution >= 4 is 27.8 Å². The van der Waals surface area contributed by atoms with Gasteiger partial charge in [-0.15, -0.1) is 0 Å². The van der Waals surface area contributed by atoms with Crippen molar-refractivity contribution in [3.8, 4) is 22.3 Å². The number of hydrogen-bond donors (Lipinski definition) is 1. The van der Waals surface area contributed by atoms with Crippen molar-refractivity contribution in [3.05, 3.63) is 89.0 Å². The van der Waals surface area contributed by atoms with Gasteiger partial charge in [-0.3, -0.25) is 10.1 Å². The highest BCUT2D eigenvalue weighted by Crippen LogP contribution is 2.46. The summed E-state index contributed by atoms with van der Waals surface area (Å²) in [6.45, 7) is 0. The van der Waals surface area contributed by atoms with Crippen molar-refractivity contribution in [2.24, 2.45) is 0 Å². The van der Waals surface area contributed by atoms with Gasteiger partial charge in [-0.25, -0.2) is 0 Å². The number of nitro benzene ring substituents is 1. The van der Waals surface area contributed by atoms with Gasteiger partial charge >= 0.3 is 0 Å². The number of rotatable bonds is 2. The first-order valence-corrected chi connectivity index (χ1v) is 8.40. The van der Waals surface area contributed by atoms with E-state index in [9.17, 15) is 10.1 Å². The van der Waals surface area contributed by atoms with E-state index in [1.54, 1.807) is 12.1 Å². The molecule has 4 nitrogen and oxygen atoms in total. The first-order valence-electron chi connectivity index (χ1n) is 8.40. The van der Waals surface area contributed by atoms with Crippen LogP contribution in [-0.4, -0.2) is 4.92 Å². The lowest BCUT2D eigenvalue weighted by Crippen LogP contribution is -2.01. The smallest absolute Gasteiger partial charge is 0.277 e. The quantitative estimate of drug-likeness (QED) is 0.311. The first-order chi connectivity index (χ1) is 12.7. The molecule has 4 aromatic rings. The molecular formula is C22H14N2O2. The third-order valence-electron chi connectivity index (χ3n) is 4.92. The molecular weight excluding hydrogens is 324 g/mol. The summed E-state index contributed by atoms with van der Waals surface area (Å²) in [6, 6.07) is 25.2. The highest BCUT2D eigenvalue weighted by atomic mass is 16.6. The van der Waals surface area contributed by atoms with Crippen molar-refractivity contribution in [1.29, 1.82) is 0 Å². The topological polar surface area (TPSA) is 55.2 Å². The lowest BCUT2D eigenvalue weighted by Gasteiger charge is -2.23. The van der Waals surface area contributed by atoms with Crippen LogP contribution in [0.1, 0.15) is 0 Å². The number of nitrogens with one attached hydrogen (secondary N) is 1. The van der Waals surface area contributed by atoms with Gasteiger partial charge in [-0.1, -0.05) is 54.6 Å². The zero-order valence-electron chi connectivity index (χ0n) is 13.8. The van der Waals surface area contributed by atoms with Gasteiger partial charge in [-0.2, -0.15) is 0 Å².